The molecule has 2 heterocycles. The summed E-state index contributed by atoms with van der Waals surface area (Å²) >= 11 is 0. The highest BCUT2D eigenvalue weighted by Crippen LogP contribution is 2.48. The van der Waals surface area contributed by atoms with Crippen LogP contribution in [0, 0.1) is 0 Å². The first kappa shape index (κ1) is 29.8. The lowest BCUT2D eigenvalue weighted by molar-refractivity contribution is 0.971. The van der Waals surface area contributed by atoms with Crippen molar-refractivity contribution in [2.24, 2.45) is 0 Å². The lowest BCUT2D eigenvalue weighted by Crippen LogP contribution is -2.16. The van der Waals surface area contributed by atoms with E-state index in [0.29, 0.717) is 5.82 Å². The minimum atomic E-state index is 0.0413. The number of fused-ring (bicyclic) bond motifs is 3. The fourth-order valence-corrected chi connectivity index (χ4v) is 7.23. The number of hydrogen-bond donors (Lipinski definition) is 1. The molecule has 238 valence electrons. The Kier molecular flexibility index (Phi) is 7.71. The molecule has 7 aromatic rings. The monoisotopic (exact) mass is 641 g/mol. The largest absolute Gasteiger partial charge is 0.374 e. The molecule has 6 aromatic carbocycles. The summed E-state index contributed by atoms with van der Waals surface area (Å²) in [5.74, 6) is 0.709. The quantitative estimate of drug-likeness (QED) is 0.196. The van der Waals surface area contributed by atoms with E-state index in [4.69, 9.17) is 9.97 Å². The molecule has 1 aliphatic heterocycles. The van der Waals surface area contributed by atoms with Crippen molar-refractivity contribution in [3.05, 3.63) is 193 Å². The van der Waals surface area contributed by atoms with Gasteiger partial charge in [-0.2, -0.15) is 0 Å². The van der Waals surface area contributed by atoms with E-state index in [0.717, 1.165) is 52.2 Å². The normalized spacial score (nSPS) is 15.2. The van der Waals surface area contributed by atoms with E-state index >= 15 is 0 Å². The average molecular weight is 642 g/mol. The molecule has 9 rings (SSSR count). The first-order valence-corrected chi connectivity index (χ1v) is 17.4. The second-order valence-corrected chi connectivity index (χ2v) is 12.9. The second-order valence-electron chi connectivity index (χ2n) is 12.9. The van der Waals surface area contributed by atoms with Crippen molar-refractivity contribution in [3.63, 3.8) is 0 Å². The van der Waals surface area contributed by atoms with Crippen molar-refractivity contribution < 1.29 is 0 Å². The Morgan fingerprint density at radius 2 is 1.18 bits per heavy atom. The first-order valence-electron chi connectivity index (χ1n) is 17.4. The maximum atomic E-state index is 5.07. The van der Waals surface area contributed by atoms with Crippen LogP contribution >= 0.6 is 0 Å². The van der Waals surface area contributed by atoms with Crippen molar-refractivity contribution in [1.82, 2.24) is 9.97 Å². The van der Waals surface area contributed by atoms with E-state index < -0.39 is 0 Å². The molecule has 3 heteroatoms. The molecule has 0 fully saturated rings. The summed E-state index contributed by atoms with van der Waals surface area (Å²) in [6.07, 6.45) is 11.6. The highest BCUT2D eigenvalue weighted by Gasteiger charge is 2.27. The molecule has 0 spiro atoms. The number of benzene rings is 6. The zero-order valence-electron chi connectivity index (χ0n) is 27.6. The summed E-state index contributed by atoms with van der Waals surface area (Å²) in [7, 11) is 0. The van der Waals surface area contributed by atoms with E-state index in [2.05, 4.69) is 169 Å². The molecule has 2 aliphatic rings. The van der Waals surface area contributed by atoms with E-state index in [1.54, 1.807) is 0 Å². The third-order valence-corrected chi connectivity index (χ3v) is 9.74. The molecular formula is C47H35N3. The van der Waals surface area contributed by atoms with Crippen LogP contribution in [-0.4, -0.2) is 9.97 Å². The Balaban J connectivity index is 1.19. The molecule has 50 heavy (non-hydrogen) atoms. The lowest BCUT2D eigenvalue weighted by atomic mass is 9.82. The first-order chi connectivity index (χ1) is 24.8. The van der Waals surface area contributed by atoms with Crippen molar-refractivity contribution in [1.29, 1.82) is 0 Å². The Labute approximate surface area is 293 Å². The summed E-state index contributed by atoms with van der Waals surface area (Å²) < 4.78 is 0. The van der Waals surface area contributed by atoms with Crippen LogP contribution in [-0.2, 0) is 0 Å². The van der Waals surface area contributed by atoms with Crippen LogP contribution < -0.4 is 5.32 Å². The summed E-state index contributed by atoms with van der Waals surface area (Å²) in [5.41, 5.74) is 13.5. The molecule has 1 atom stereocenters. The Hall–Kier alpha value is -6.32. The molecule has 0 saturated carbocycles. The fourth-order valence-electron chi connectivity index (χ4n) is 7.23. The van der Waals surface area contributed by atoms with Crippen molar-refractivity contribution in [3.8, 4) is 45.0 Å². The molecule has 0 bridgehead atoms. The molecular weight excluding hydrogens is 607 g/mol. The van der Waals surface area contributed by atoms with E-state index in [1.807, 2.05) is 12.1 Å². The summed E-state index contributed by atoms with van der Waals surface area (Å²) in [6.45, 7) is 0. The summed E-state index contributed by atoms with van der Waals surface area (Å²) in [4.78, 5) is 10.1. The van der Waals surface area contributed by atoms with Gasteiger partial charge >= 0.3 is 0 Å². The molecule has 0 amide bonds. The molecule has 0 radical (unpaired) electrons. The number of allylic oxidation sites excluding steroid dienone is 5. The number of nitrogens with one attached hydrogen (secondary N) is 1. The zero-order valence-corrected chi connectivity index (χ0v) is 27.6. The van der Waals surface area contributed by atoms with Gasteiger partial charge in [-0.25, -0.2) is 9.97 Å². The van der Waals surface area contributed by atoms with E-state index in [-0.39, 0.29) is 6.04 Å². The van der Waals surface area contributed by atoms with E-state index in [1.165, 1.54) is 38.6 Å². The number of aromatic nitrogens is 2. The van der Waals surface area contributed by atoms with E-state index in [9.17, 15) is 0 Å². The molecule has 1 unspecified atom stereocenters. The number of rotatable bonds is 6. The molecule has 1 aromatic heterocycles. The number of anilines is 1. The minimum absolute atomic E-state index is 0.0413. The van der Waals surface area contributed by atoms with Crippen molar-refractivity contribution >= 4 is 22.0 Å². The maximum Gasteiger partial charge on any atom is 0.160 e. The van der Waals surface area contributed by atoms with Crippen LogP contribution in [0.3, 0.4) is 0 Å². The Morgan fingerprint density at radius 1 is 0.560 bits per heavy atom. The van der Waals surface area contributed by atoms with Gasteiger partial charge in [0.25, 0.3) is 0 Å². The van der Waals surface area contributed by atoms with Crippen LogP contribution in [0.4, 0.5) is 5.69 Å². The minimum Gasteiger partial charge on any atom is -0.374 e. The van der Waals surface area contributed by atoms with Gasteiger partial charge < -0.3 is 5.32 Å². The van der Waals surface area contributed by atoms with Crippen LogP contribution in [0.15, 0.2) is 182 Å². The Morgan fingerprint density at radius 3 is 1.84 bits per heavy atom. The van der Waals surface area contributed by atoms with Gasteiger partial charge in [-0.05, 0) is 64.1 Å². The third kappa shape index (κ3) is 5.63. The van der Waals surface area contributed by atoms with Gasteiger partial charge in [-0.15, -0.1) is 0 Å². The summed E-state index contributed by atoms with van der Waals surface area (Å²) in [5, 5.41) is 6.47. The predicted octanol–water partition coefficient (Wildman–Crippen LogP) is 12.1. The smallest absolute Gasteiger partial charge is 0.160 e. The van der Waals surface area contributed by atoms with Gasteiger partial charge in [-0.3, -0.25) is 0 Å². The molecule has 1 N–H and O–H groups in total. The molecule has 1 aliphatic carbocycles. The van der Waals surface area contributed by atoms with Gasteiger partial charge in [0.15, 0.2) is 5.82 Å². The second kappa shape index (κ2) is 12.9. The van der Waals surface area contributed by atoms with Crippen LogP contribution in [0.2, 0.25) is 0 Å². The fraction of sp³-hybridized carbons (Fsp3) is 0.0638. The Bertz CT molecular complexity index is 2370. The van der Waals surface area contributed by atoms with Crippen LogP contribution in [0.5, 0.6) is 0 Å². The SMILES string of the molecule is C1=CC(C2=CC(c3ccccc3)Nc3c(-c4ccc(-c5nc(-c6ccccc6)cc(-c6ccccc6)n5)cc4)cc4ccccc4c32)=CCC1. The zero-order chi connectivity index (χ0) is 33.3. The molecule has 3 nitrogen and oxygen atoms in total. The highest BCUT2D eigenvalue weighted by atomic mass is 14.9. The van der Waals surface area contributed by atoms with Gasteiger partial charge in [0, 0.05) is 27.8 Å². The number of hydrogen-bond acceptors (Lipinski definition) is 3. The third-order valence-electron chi connectivity index (χ3n) is 9.74. The van der Waals surface area contributed by atoms with Gasteiger partial charge in [0.2, 0.25) is 0 Å². The topological polar surface area (TPSA) is 37.8 Å². The van der Waals surface area contributed by atoms with Gasteiger partial charge in [0.1, 0.15) is 0 Å². The maximum absolute atomic E-state index is 5.07. The van der Waals surface area contributed by atoms with Crippen molar-refractivity contribution in [2.75, 3.05) is 5.32 Å². The standard InChI is InChI=1S/C47H35N3/c1-5-15-32(16-6-1)40-30-42(34-17-7-2-8-18-34)48-46-41(29-38-23-13-14-24-39(38)45(40)46)33-25-27-37(28-26-33)47-49-43(35-19-9-3-10-20-35)31-44(50-47)36-21-11-4-12-22-36/h2-5,7-31,42,48H,1,6H2. The average Bonchev–Trinajstić information content (AvgIpc) is 3.21. The molecule has 0 saturated heterocycles. The lowest BCUT2D eigenvalue weighted by Gasteiger charge is -2.31. The summed E-state index contributed by atoms with van der Waals surface area (Å²) in [6, 6.07) is 53.4. The van der Waals surface area contributed by atoms with Crippen LogP contribution in [0.1, 0.15) is 30.0 Å². The predicted molar refractivity (Wildman–Crippen MR) is 209 cm³/mol. The van der Waals surface area contributed by atoms with Gasteiger partial charge in [0.05, 0.1) is 23.1 Å². The number of nitrogens with zero attached hydrogens (tertiary/aromatic N) is 2. The van der Waals surface area contributed by atoms with Gasteiger partial charge in [-0.1, -0.05) is 158 Å². The van der Waals surface area contributed by atoms with Crippen molar-refractivity contribution in [2.45, 2.75) is 18.9 Å². The van der Waals surface area contributed by atoms with Crippen LogP contribution in [0.25, 0.3) is 61.4 Å². The highest BCUT2D eigenvalue weighted by molar-refractivity contribution is 6.09.